The Morgan fingerprint density at radius 2 is 1.72 bits per heavy atom. The normalized spacial score (nSPS) is 11.1. The fraction of sp³-hybridized carbons (Fsp3) is 0.458. The molecule has 29 heavy (non-hydrogen) atoms. The van der Waals surface area contributed by atoms with E-state index in [1.54, 1.807) is 7.11 Å². The summed E-state index contributed by atoms with van der Waals surface area (Å²) < 4.78 is 16.6. The van der Waals surface area contributed by atoms with Gasteiger partial charge in [-0.05, 0) is 53.6 Å². The van der Waals surface area contributed by atoms with Crippen molar-refractivity contribution in [1.82, 2.24) is 5.32 Å². The lowest BCUT2D eigenvalue weighted by molar-refractivity contribution is -0.123. The first-order chi connectivity index (χ1) is 13.9. The van der Waals surface area contributed by atoms with E-state index in [4.69, 9.17) is 14.2 Å². The largest absolute Gasteiger partial charge is 0.493 e. The van der Waals surface area contributed by atoms with Crippen molar-refractivity contribution in [2.45, 2.75) is 52.5 Å². The van der Waals surface area contributed by atoms with Crippen molar-refractivity contribution in [3.63, 3.8) is 0 Å². The lowest BCUT2D eigenvalue weighted by atomic mass is 9.82. The van der Waals surface area contributed by atoms with Crippen LogP contribution in [0.5, 0.6) is 17.2 Å². The minimum atomic E-state index is -0.173. The van der Waals surface area contributed by atoms with E-state index in [1.807, 2.05) is 30.3 Å². The fourth-order valence-corrected chi connectivity index (χ4v) is 2.76. The van der Waals surface area contributed by atoms with Gasteiger partial charge >= 0.3 is 0 Å². The van der Waals surface area contributed by atoms with E-state index in [9.17, 15) is 4.79 Å². The number of nitrogens with one attached hydrogen (secondary N) is 1. The maximum absolute atomic E-state index is 12.1. The Morgan fingerprint density at radius 3 is 2.34 bits per heavy atom. The van der Waals surface area contributed by atoms with Crippen LogP contribution in [0.4, 0.5) is 0 Å². The van der Waals surface area contributed by atoms with Crippen LogP contribution in [0.25, 0.3) is 0 Å². The van der Waals surface area contributed by atoms with Crippen molar-refractivity contribution in [2.24, 2.45) is 0 Å². The Kier molecular flexibility index (Phi) is 8.37. The Hall–Kier alpha value is -2.69. The summed E-state index contributed by atoms with van der Waals surface area (Å²) in [5.74, 6) is 1.89. The third kappa shape index (κ3) is 6.70. The monoisotopic (exact) mass is 399 g/mol. The van der Waals surface area contributed by atoms with Crippen LogP contribution in [-0.2, 0) is 16.8 Å². The molecule has 5 nitrogen and oxygen atoms in total. The van der Waals surface area contributed by atoms with E-state index < -0.39 is 0 Å². The molecule has 2 aromatic carbocycles. The second-order valence-corrected chi connectivity index (χ2v) is 7.66. The molecule has 0 spiro atoms. The molecular weight excluding hydrogens is 366 g/mol. The van der Waals surface area contributed by atoms with Gasteiger partial charge < -0.3 is 19.5 Å². The van der Waals surface area contributed by atoms with Gasteiger partial charge in [0.25, 0.3) is 5.91 Å². The van der Waals surface area contributed by atoms with Crippen LogP contribution >= 0.6 is 0 Å². The zero-order valence-corrected chi connectivity index (χ0v) is 18.2. The molecule has 2 rings (SSSR count). The van der Waals surface area contributed by atoms with Gasteiger partial charge in [-0.15, -0.1) is 0 Å². The minimum absolute atomic E-state index is 0.0225. The van der Waals surface area contributed by atoms with E-state index in [0.29, 0.717) is 30.4 Å². The highest BCUT2D eigenvalue weighted by Gasteiger charge is 2.17. The molecule has 0 heterocycles. The van der Waals surface area contributed by atoms with Crippen LogP contribution in [0, 0.1) is 0 Å². The first-order valence-electron chi connectivity index (χ1n) is 10.2. The number of hydrogen-bond donors (Lipinski definition) is 1. The molecule has 158 valence electrons. The van der Waals surface area contributed by atoms with E-state index in [2.05, 4.69) is 45.1 Å². The molecule has 0 aromatic heterocycles. The Morgan fingerprint density at radius 1 is 1.00 bits per heavy atom. The summed E-state index contributed by atoms with van der Waals surface area (Å²) in [5.41, 5.74) is 2.33. The van der Waals surface area contributed by atoms with Crippen LogP contribution in [0.3, 0.4) is 0 Å². The summed E-state index contributed by atoms with van der Waals surface area (Å²) in [7, 11) is 1.61. The summed E-state index contributed by atoms with van der Waals surface area (Å²) >= 11 is 0. The van der Waals surface area contributed by atoms with Crippen LogP contribution in [-0.4, -0.2) is 26.2 Å². The average molecular weight is 400 g/mol. The highest BCUT2D eigenvalue weighted by atomic mass is 16.5. The number of rotatable bonds is 11. The van der Waals surface area contributed by atoms with Gasteiger partial charge in [0.05, 0.1) is 13.7 Å². The van der Waals surface area contributed by atoms with Crippen molar-refractivity contribution < 1.29 is 19.0 Å². The van der Waals surface area contributed by atoms with Crippen molar-refractivity contribution in [1.29, 1.82) is 0 Å². The lowest BCUT2D eigenvalue weighted by Gasteiger charge is -2.23. The van der Waals surface area contributed by atoms with Gasteiger partial charge in [-0.2, -0.15) is 0 Å². The summed E-state index contributed by atoms with van der Waals surface area (Å²) in [6.45, 7) is 9.68. The first kappa shape index (κ1) is 22.6. The lowest BCUT2D eigenvalue weighted by Crippen LogP contribution is -2.28. The smallest absolute Gasteiger partial charge is 0.258 e. The second kappa shape index (κ2) is 10.7. The molecule has 0 aliphatic rings. The highest BCUT2D eigenvalue weighted by Crippen LogP contribution is 2.29. The Balaban J connectivity index is 1.84. The molecule has 0 unspecified atom stereocenters. The number of methoxy groups -OCH3 is 1. The van der Waals surface area contributed by atoms with Crippen molar-refractivity contribution >= 4 is 5.91 Å². The number of hydrogen-bond acceptors (Lipinski definition) is 4. The van der Waals surface area contributed by atoms with Crippen molar-refractivity contribution in [3.8, 4) is 17.2 Å². The van der Waals surface area contributed by atoms with Gasteiger partial charge in [-0.25, -0.2) is 0 Å². The SMILES string of the molecule is CCCOc1ccc(CNC(=O)COc2ccc(C(C)(C)CC)cc2)cc1OC. The number of carbonyl (C=O) groups is 1. The second-order valence-electron chi connectivity index (χ2n) is 7.66. The summed E-state index contributed by atoms with van der Waals surface area (Å²) in [5, 5.41) is 2.87. The van der Waals surface area contributed by atoms with Gasteiger partial charge in [0.15, 0.2) is 18.1 Å². The van der Waals surface area contributed by atoms with Gasteiger partial charge in [-0.3, -0.25) is 4.79 Å². The van der Waals surface area contributed by atoms with Crippen LogP contribution in [0.15, 0.2) is 42.5 Å². The maximum atomic E-state index is 12.1. The topological polar surface area (TPSA) is 56.8 Å². The quantitative estimate of drug-likeness (QED) is 0.586. The van der Waals surface area contributed by atoms with Crippen molar-refractivity contribution in [2.75, 3.05) is 20.3 Å². The number of carbonyl (C=O) groups excluding carboxylic acids is 1. The Labute approximate surface area is 174 Å². The Bertz CT molecular complexity index is 784. The molecule has 0 bridgehead atoms. The van der Waals surface area contributed by atoms with Gasteiger partial charge in [0.2, 0.25) is 0 Å². The molecule has 0 saturated heterocycles. The molecule has 1 amide bonds. The molecule has 0 aliphatic carbocycles. The van der Waals surface area contributed by atoms with Gasteiger partial charge in [-0.1, -0.05) is 45.9 Å². The predicted molar refractivity (Wildman–Crippen MR) is 116 cm³/mol. The molecule has 2 aromatic rings. The molecule has 0 saturated carbocycles. The molecule has 0 fully saturated rings. The van der Waals surface area contributed by atoms with Gasteiger partial charge in [0, 0.05) is 6.54 Å². The maximum Gasteiger partial charge on any atom is 0.258 e. The van der Waals surface area contributed by atoms with Gasteiger partial charge in [0.1, 0.15) is 5.75 Å². The molecule has 1 N–H and O–H groups in total. The zero-order chi connectivity index (χ0) is 21.3. The van der Waals surface area contributed by atoms with E-state index in [0.717, 1.165) is 18.4 Å². The van der Waals surface area contributed by atoms with E-state index in [1.165, 1.54) is 5.56 Å². The predicted octanol–water partition coefficient (Wildman–Crippen LogP) is 4.87. The molecule has 0 radical (unpaired) electrons. The number of ether oxygens (including phenoxy) is 3. The third-order valence-corrected chi connectivity index (χ3v) is 5.07. The molecule has 5 heteroatoms. The first-order valence-corrected chi connectivity index (χ1v) is 10.2. The highest BCUT2D eigenvalue weighted by molar-refractivity contribution is 5.77. The fourth-order valence-electron chi connectivity index (χ4n) is 2.76. The number of amides is 1. The summed E-state index contributed by atoms with van der Waals surface area (Å²) in [6, 6.07) is 13.6. The molecular formula is C24H33NO4. The zero-order valence-electron chi connectivity index (χ0n) is 18.2. The third-order valence-electron chi connectivity index (χ3n) is 5.07. The van der Waals surface area contributed by atoms with Crippen LogP contribution < -0.4 is 19.5 Å². The van der Waals surface area contributed by atoms with Crippen LogP contribution in [0.1, 0.15) is 51.7 Å². The molecule has 0 atom stereocenters. The summed E-state index contributed by atoms with van der Waals surface area (Å²) in [4.78, 5) is 12.1. The summed E-state index contributed by atoms with van der Waals surface area (Å²) in [6.07, 6.45) is 1.99. The number of benzene rings is 2. The van der Waals surface area contributed by atoms with E-state index in [-0.39, 0.29) is 17.9 Å². The average Bonchev–Trinajstić information content (AvgIpc) is 2.75. The molecule has 0 aliphatic heterocycles. The minimum Gasteiger partial charge on any atom is -0.493 e. The standard InChI is InChI=1S/C24H33NO4/c1-6-14-28-21-13-8-18(15-22(21)27-5)16-25-23(26)17-29-20-11-9-19(10-12-20)24(3,4)7-2/h8-13,15H,6-7,14,16-17H2,1-5H3,(H,25,26). The van der Waals surface area contributed by atoms with E-state index >= 15 is 0 Å². The van der Waals surface area contributed by atoms with Crippen LogP contribution in [0.2, 0.25) is 0 Å². The van der Waals surface area contributed by atoms with Crippen molar-refractivity contribution in [3.05, 3.63) is 53.6 Å².